The van der Waals surface area contributed by atoms with Gasteiger partial charge in [0.15, 0.2) is 0 Å². The van der Waals surface area contributed by atoms with E-state index < -0.39 is 9.12 Å². The molecule has 1 atom stereocenters. The van der Waals surface area contributed by atoms with Gasteiger partial charge in [-0.1, -0.05) is 25.5 Å². The minimum atomic E-state index is -1.06. The Labute approximate surface area is 71.8 Å². The van der Waals surface area contributed by atoms with Gasteiger partial charge in [0.2, 0.25) is 9.12 Å². The fourth-order valence-corrected chi connectivity index (χ4v) is 2.90. The molecule has 0 aliphatic heterocycles. The van der Waals surface area contributed by atoms with Gasteiger partial charge in [0.25, 0.3) is 0 Å². The van der Waals surface area contributed by atoms with E-state index in [1.54, 1.807) is 0 Å². The average Bonchev–Trinajstić information content (AvgIpc) is 2.05. The minimum Gasteiger partial charge on any atom is -0.327 e. The van der Waals surface area contributed by atoms with Crippen molar-refractivity contribution in [1.82, 2.24) is 9.96 Å². The van der Waals surface area contributed by atoms with Crippen molar-refractivity contribution in [1.29, 1.82) is 0 Å². The van der Waals surface area contributed by atoms with Crippen molar-refractivity contribution in [3.05, 3.63) is 11.8 Å². The van der Waals surface area contributed by atoms with Crippen molar-refractivity contribution in [2.24, 2.45) is 5.92 Å². The summed E-state index contributed by atoms with van der Waals surface area (Å²) in [6.45, 7) is 8.54. The lowest BCUT2D eigenvalue weighted by Crippen LogP contribution is -2.46. The zero-order chi connectivity index (χ0) is 8.85. The number of allylic oxidation sites excluding steroid dienone is 1. The van der Waals surface area contributed by atoms with Gasteiger partial charge in [-0.25, -0.2) is 0 Å². The van der Waals surface area contributed by atoms with Crippen molar-refractivity contribution in [2.75, 3.05) is 14.1 Å². The van der Waals surface area contributed by atoms with Gasteiger partial charge in [-0.2, -0.15) is 0 Å². The smallest absolute Gasteiger partial charge is 0.212 e. The van der Waals surface area contributed by atoms with Crippen LogP contribution < -0.4 is 9.96 Å². The van der Waals surface area contributed by atoms with Crippen LogP contribution >= 0.6 is 0 Å². The van der Waals surface area contributed by atoms with E-state index in [4.69, 9.17) is 0 Å². The van der Waals surface area contributed by atoms with E-state index >= 15 is 0 Å². The number of hydrogen-bond acceptors (Lipinski definition) is 2. The standard InChI is InChI=1S/C8H20N2Si/c1-6-7(2)8(3)11(9-4)10-5/h7,9-11H,3,6H2,1-2,4-5H3. The highest BCUT2D eigenvalue weighted by atomic mass is 28.3. The molecule has 1 unspecified atom stereocenters. The predicted octanol–water partition coefficient (Wildman–Crippen LogP) is 0.787. The molecule has 0 aromatic heterocycles. The second-order valence-corrected chi connectivity index (χ2v) is 5.66. The minimum absolute atomic E-state index is 0.645. The second-order valence-electron chi connectivity index (χ2n) is 2.89. The van der Waals surface area contributed by atoms with Crippen molar-refractivity contribution in [3.63, 3.8) is 0 Å². The molecule has 0 heterocycles. The summed E-state index contributed by atoms with van der Waals surface area (Å²) in [4.78, 5) is 6.59. The molecule has 0 rings (SSSR count). The molecule has 0 amide bonds. The van der Waals surface area contributed by atoms with Crippen LogP contribution in [-0.2, 0) is 0 Å². The molecule has 0 aromatic carbocycles. The van der Waals surface area contributed by atoms with Gasteiger partial charge in [-0.15, -0.1) is 6.58 Å². The van der Waals surface area contributed by atoms with Crippen LogP contribution in [-0.4, -0.2) is 23.2 Å². The molecular formula is C8H20N2Si. The Morgan fingerprint density at radius 2 is 1.91 bits per heavy atom. The molecule has 2 N–H and O–H groups in total. The summed E-state index contributed by atoms with van der Waals surface area (Å²) in [5.41, 5.74) is 0. The average molecular weight is 172 g/mol. The third-order valence-corrected chi connectivity index (χ3v) is 4.66. The van der Waals surface area contributed by atoms with Gasteiger partial charge in [0.1, 0.15) is 0 Å². The van der Waals surface area contributed by atoms with Gasteiger partial charge < -0.3 is 9.96 Å². The maximum Gasteiger partial charge on any atom is 0.212 e. The van der Waals surface area contributed by atoms with E-state index in [2.05, 4.69) is 30.4 Å². The largest absolute Gasteiger partial charge is 0.327 e. The maximum atomic E-state index is 4.10. The van der Waals surface area contributed by atoms with E-state index in [1.807, 2.05) is 14.1 Å². The fourth-order valence-electron chi connectivity index (χ4n) is 1.06. The first-order valence-corrected chi connectivity index (χ1v) is 5.93. The molecule has 0 aromatic rings. The molecule has 0 radical (unpaired) electrons. The summed E-state index contributed by atoms with van der Waals surface area (Å²) < 4.78 is 0. The SMILES string of the molecule is C=C(C(C)CC)[SiH](NC)NC. The maximum absolute atomic E-state index is 4.10. The normalized spacial score (nSPS) is 13.5. The Morgan fingerprint density at radius 1 is 1.45 bits per heavy atom. The van der Waals surface area contributed by atoms with Crippen LogP contribution in [0.25, 0.3) is 0 Å². The molecule has 0 aliphatic rings. The van der Waals surface area contributed by atoms with Gasteiger partial charge >= 0.3 is 0 Å². The van der Waals surface area contributed by atoms with Crippen molar-refractivity contribution < 1.29 is 0 Å². The van der Waals surface area contributed by atoms with Crippen molar-refractivity contribution >= 4 is 9.12 Å². The monoisotopic (exact) mass is 172 g/mol. The van der Waals surface area contributed by atoms with Gasteiger partial charge in [0, 0.05) is 0 Å². The lowest BCUT2D eigenvalue weighted by Gasteiger charge is -2.20. The molecule has 0 saturated heterocycles. The van der Waals surface area contributed by atoms with Crippen LogP contribution in [0.3, 0.4) is 0 Å². The van der Waals surface area contributed by atoms with Crippen LogP contribution in [0.1, 0.15) is 20.3 Å². The third kappa shape index (κ3) is 3.18. The molecule has 0 bridgehead atoms. The van der Waals surface area contributed by atoms with Crippen LogP contribution in [0.4, 0.5) is 0 Å². The molecule has 0 spiro atoms. The van der Waals surface area contributed by atoms with Gasteiger partial charge in [-0.3, -0.25) is 0 Å². The summed E-state index contributed by atoms with van der Waals surface area (Å²) in [5.74, 6) is 0.645. The summed E-state index contributed by atoms with van der Waals surface area (Å²) in [6, 6.07) is 0. The summed E-state index contributed by atoms with van der Waals surface area (Å²) >= 11 is 0. The highest BCUT2D eigenvalue weighted by molar-refractivity contribution is 6.61. The molecule has 2 nitrogen and oxygen atoms in total. The van der Waals surface area contributed by atoms with Crippen molar-refractivity contribution in [3.8, 4) is 0 Å². The predicted molar refractivity (Wildman–Crippen MR) is 53.9 cm³/mol. The molecule has 3 heteroatoms. The lowest BCUT2D eigenvalue weighted by atomic mass is 10.1. The molecule has 0 aliphatic carbocycles. The first kappa shape index (κ1) is 10.9. The Morgan fingerprint density at radius 3 is 2.18 bits per heavy atom. The number of rotatable bonds is 5. The zero-order valence-corrected chi connectivity index (χ0v) is 9.22. The van der Waals surface area contributed by atoms with Crippen molar-refractivity contribution in [2.45, 2.75) is 20.3 Å². The molecule has 66 valence electrons. The van der Waals surface area contributed by atoms with Gasteiger partial charge in [-0.05, 0) is 20.0 Å². The first-order valence-electron chi connectivity index (χ1n) is 4.20. The Hall–Kier alpha value is -0.123. The molecular weight excluding hydrogens is 152 g/mol. The Balaban J connectivity index is 3.97. The number of hydrogen-bond donors (Lipinski definition) is 2. The van der Waals surface area contributed by atoms with Gasteiger partial charge in [0.05, 0.1) is 0 Å². The molecule has 0 saturated carbocycles. The summed E-state index contributed by atoms with van der Waals surface area (Å²) in [6.07, 6.45) is 1.19. The molecule has 11 heavy (non-hydrogen) atoms. The topological polar surface area (TPSA) is 24.1 Å². The van der Waals surface area contributed by atoms with Crippen LogP contribution in [0.15, 0.2) is 11.8 Å². The highest BCUT2D eigenvalue weighted by Crippen LogP contribution is 2.11. The van der Waals surface area contributed by atoms with E-state index in [-0.39, 0.29) is 0 Å². The van der Waals surface area contributed by atoms with E-state index in [0.29, 0.717) is 5.92 Å². The second kappa shape index (κ2) is 5.52. The van der Waals surface area contributed by atoms with E-state index in [1.165, 1.54) is 11.6 Å². The van der Waals surface area contributed by atoms with Crippen LogP contribution in [0.5, 0.6) is 0 Å². The first-order chi connectivity index (χ1) is 5.17. The van der Waals surface area contributed by atoms with E-state index in [9.17, 15) is 0 Å². The summed E-state index contributed by atoms with van der Waals surface area (Å²) in [5, 5.41) is 1.37. The lowest BCUT2D eigenvalue weighted by molar-refractivity contribution is 0.677. The molecule has 0 fully saturated rings. The quantitative estimate of drug-likeness (QED) is 0.599. The van der Waals surface area contributed by atoms with Crippen LogP contribution in [0, 0.1) is 5.92 Å². The Bertz CT molecular complexity index is 121. The highest BCUT2D eigenvalue weighted by Gasteiger charge is 2.14. The summed E-state index contributed by atoms with van der Waals surface area (Å²) in [7, 11) is 2.95. The Kier molecular flexibility index (Phi) is 5.46. The number of nitrogens with one attached hydrogen (secondary N) is 2. The van der Waals surface area contributed by atoms with Crippen LogP contribution in [0.2, 0.25) is 0 Å². The van der Waals surface area contributed by atoms with E-state index in [0.717, 1.165) is 0 Å². The zero-order valence-electron chi connectivity index (χ0n) is 8.07. The fraction of sp³-hybridized carbons (Fsp3) is 0.750. The third-order valence-electron chi connectivity index (χ3n) is 2.19.